The van der Waals surface area contributed by atoms with Crippen molar-refractivity contribution in [2.24, 2.45) is 4.40 Å². The predicted octanol–water partition coefficient (Wildman–Crippen LogP) is 5.36. The van der Waals surface area contributed by atoms with Crippen LogP contribution in [0, 0.1) is 6.92 Å². The molecule has 9 heteroatoms. The van der Waals surface area contributed by atoms with Gasteiger partial charge in [0.15, 0.2) is 5.17 Å². The van der Waals surface area contributed by atoms with Crippen LogP contribution in [0.15, 0.2) is 68.1 Å². The van der Waals surface area contributed by atoms with Gasteiger partial charge in [0.1, 0.15) is 5.01 Å². The predicted molar refractivity (Wildman–Crippen MR) is 136 cm³/mol. The van der Waals surface area contributed by atoms with Crippen LogP contribution in [0.25, 0.3) is 16.6 Å². The number of thiazole rings is 1. The molecule has 2 heterocycles. The van der Waals surface area contributed by atoms with Crippen LogP contribution in [-0.4, -0.2) is 24.5 Å². The first-order valence-electron chi connectivity index (χ1n) is 10.2. The highest BCUT2D eigenvalue weighted by Gasteiger charge is 2.26. The van der Waals surface area contributed by atoms with Gasteiger partial charge >= 0.3 is 0 Å². The maximum absolute atomic E-state index is 12.5. The molecule has 2 aromatic carbocycles. The number of carbonyl (C=O) groups excluding carboxylic acids is 1. The third-order valence-corrected chi connectivity index (χ3v) is 8.11. The van der Waals surface area contributed by atoms with E-state index in [4.69, 9.17) is 4.98 Å². The second-order valence-electron chi connectivity index (χ2n) is 8.66. The lowest BCUT2D eigenvalue weighted by atomic mass is 9.93. The first-order valence-corrected chi connectivity index (χ1v) is 13.3. The van der Waals surface area contributed by atoms with Crippen LogP contribution in [0.1, 0.15) is 37.6 Å². The van der Waals surface area contributed by atoms with Crippen molar-refractivity contribution in [1.82, 2.24) is 10.3 Å². The molecule has 0 bridgehead atoms. The number of sulfonamides is 1. The molecule has 1 saturated heterocycles. The van der Waals surface area contributed by atoms with Crippen LogP contribution in [0.3, 0.4) is 0 Å². The van der Waals surface area contributed by atoms with E-state index in [0.717, 1.165) is 39.2 Å². The molecule has 1 fully saturated rings. The van der Waals surface area contributed by atoms with Crippen LogP contribution in [0.4, 0.5) is 0 Å². The van der Waals surface area contributed by atoms with Gasteiger partial charge in [0, 0.05) is 16.4 Å². The second kappa shape index (κ2) is 8.89. The largest absolute Gasteiger partial charge is 0.300 e. The van der Waals surface area contributed by atoms with Crippen LogP contribution < -0.4 is 5.32 Å². The first kappa shape index (κ1) is 23.4. The Morgan fingerprint density at radius 2 is 1.70 bits per heavy atom. The van der Waals surface area contributed by atoms with Crippen molar-refractivity contribution in [1.29, 1.82) is 0 Å². The average Bonchev–Trinajstić information content (AvgIpc) is 3.36. The Morgan fingerprint density at radius 1 is 1.03 bits per heavy atom. The Labute approximate surface area is 201 Å². The number of hydrogen-bond acceptors (Lipinski definition) is 6. The zero-order valence-electron chi connectivity index (χ0n) is 18.6. The summed E-state index contributed by atoms with van der Waals surface area (Å²) >= 11 is 2.61. The minimum absolute atomic E-state index is 0.00163. The fourth-order valence-electron chi connectivity index (χ4n) is 2.97. The average molecular weight is 498 g/mol. The monoisotopic (exact) mass is 497 g/mol. The van der Waals surface area contributed by atoms with Crippen molar-refractivity contribution >= 4 is 50.3 Å². The van der Waals surface area contributed by atoms with E-state index < -0.39 is 10.0 Å². The summed E-state index contributed by atoms with van der Waals surface area (Å²) in [6.45, 7) is 8.28. The molecule has 6 nitrogen and oxygen atoms in total. The molecule has 33 heavy (non-hydrogen) atoms. The van der Waals surface area contributed by atoms with Crippen LogP contribution >= 0.6 is 23.1 Å². The molecule has 1 amide bonds. The molecule has 0 aliphatic carbocycles. The first-order chi connectivity index (χ1) is 15.5. The number of nitrogens with zero attached hydrogens (tertiary/aromatic N) is 2. The summed E-state index contributed by atoms with van der Waals surface area (Å²) < 4.78 is 28.9. The number of nitrogens with one attached hydrogen (secondary N) is 1. The summed E-state index contributed by atoms with van der Waals surface area (Å²) in [5.41, 5.74) is 3.84. The number of thioether (sulfide) groups is 1. The lowest BCUT2D eigenvalue weighted by molar-refractivity contribution is -0.115. The maximum atomic E-state index is 12.5. The molecule has 1 aromatic heterocycles. The normalized spacial score (nSPS) is 17.0. The standard InChI is InChI=1S/C24H23N3O3S3/c1-15-5-11-18(12-6-15)33(29,30)27-23-26-21(28)19(32-23)13-16-7-9-17(10-8-16)22-25-20(14-31-22)24(2,3)4/h5-14H,1-4H3,(H,26,27,28)/b19-13-. The molecule has 1 aliphatic heterocycles. The number of rotatable bonds is 4. The summed E-state index contributed by atoms with van der Waals surface area (Å²) in [5, 5.41) is 5.60. The number of amidine groups is 1. The van der Waals surface area contributed by atoms with Crippen molar-refractivity contribution in [3.05, 3.63) is 75.6 Å². The van der Waals surface area contributed by atoms with Crippen molar-refractivity contribution in [3.8, 4) is 10.6 Å². The molecule has 0 spiro atoms. The van der Waals surface area contributed by atoms with Crippen molar-refractivity contribution in [3.63, 3.8) is 0 Å². The number of hydrogen-bond donors (Lipinski definition) is 1. The fraction of sp³-hybridized carbons (Fsp3) is 0.208. The Hall–Kier alpha value is -2.75. The second-order valence-corrected chi connectivity index (χ2v) is 12.2. The molecule has 4 rings (SSSR count). The topological polar surface area (TPSA) is 88.5 Å². The van der Waals surface area contributed by atoms with E-state index in [1.807, 2.05) is 31.2 Å². The van der Waals surface area contributed by atoms with E-state index in [-0.39, 0.29) is 21.4 Å². The Bertz CT molecular complexity index is 1360. The van der Waals surface area contributed by atoms with Gasteiger partial charge in [0.2, 0.25) is 0 Å². The van der Waals surface area contributed by atoms with E-state index in [2.05, 4.69) is 35.9 Å². The van der Waals surface area contributed by atoms with Gasteiger partial charge in [-0.1, -0.05) is 62.7 Å². The molecule has 0 radical (unpaired) electrons. The number of aryl methyl sites for hydroxylation is 1. The third kappa shape index (κ3) is 5.43. The van der Waals surface area contributed by atoms with E-state index in [1.54, 1.807) is 29.5 Å². The molecule has 0 atom stereocenters. The van der Waals surface area contributed by atoms with Gasteiger partial charge in [-0.15, -0.1) is 15.7 Å². The van der Waals surface area contributed by atoms with Gasteiger partial charge in [0.25, 0.3) is 15.9 Å². The Morgan fingerprint density at radius 3 is 2.30 bits per heavy atom. The minimum atomic E-state index is -3.91. The Kier molecular flexibility index (Phi) is 6.30. The molecule has 1 aliphatic rings. The van der Waals surface area contributed by atoms with Gasteiger partial charge in [-0.25, -0.2) is 4.98 Å². The van der Waals surface area contributed by atoms with E-state index in [9.17, 15) is 13.2 Å². The van der Waals surface area contributed by atoms with Gasteiger partial charge in [-0.05, 0) is 42.5 Å². The third-order valence-electron chi connectivity index (χ3n) is 4.90. The number of aromatic nitrogens is 1. The van der Waals surface area contributed by atoms with Gasteiger partial charge in [-0.3, -0.25) is 10.1 Å². The molecular formula is C24H23N3O3S3. The highest BCUT2D eigenvalue weighted by atomic mass is 32.2. The molecular weight excluding hydrogens is 474 g/mol. The zero-order valence-corrected chi connectivity index (χ0v) is 21.1. The quantitative estimate of drug-likeness (QED) is 0.490. The molecule has 1 N–H and O–H groups in total. The van der Waals surface area contributed by atoms with Crippen LogP contribution in [0.2, 0.25) is 0 Å². The lowest BCUT2D eigenvalue weighted by Gasteiger charge is -2.14. The van der Waals surface area contributed by atoms with Crippen molar-refractivity contribution in [2.45, 2.75) is 38.0 Å². The number of amides is 1. The highest BCUT2D eigenvalue weighted by Crippen LogP contribution is 2.31. The lowest BCUT2D eigenvalue weighted by Crippen LogP contribution is -2.20. The molecule has 0 unspecified atom stereocenters. The molecule has 170 valence electrons. The number of carbonyl (C=O) groups is 1. The van der Waals surface area contributed by atoms with E-state index >= 15 is 0 Å². The van der Waals surface area contributed by atoms with Gasteiger partial charge in [-0.2, -0.15) is 8.42 Å². The van der Waals surface area contributed by atoms with Crippen LogP contribution in [0.5, 0.6) is 0 Å². The summed E-state index contributed by atoms with van der Waals surface area (Å²) in [7, 11) is -3.91. The Balaban J connectivity index is 1.52. The SMILES string of the molecule is Cc1ccc(S(=O)(=O)N=C2NC(=O)/C(=C/c3ccc(-c4nc(C(C)(C)C)cs4)cc3)S2)cc1. The minimum Gasteiger partial charge on any atom is -0.300 e. The summed E-state index contributed by atoms with van der Waals surface area (Å²) in [4.78, 5) is 17.6. The zero-order chi connectivity index (χ0) is 23.8. The van der Waals surface area contributed by atoms with Gasteiger partial charge in [0.05, 0.1) is 15.5 Å². The smallest absolute Gasteiger partial charge is 0.284 e. The van der Waals surface area contributed by atoms with Crippen LogP contribution in [-0.2, 0) is 20.2 Å². The summed E-state index contributed by atoms with van der Waals surface area (Å²) in [6, 6.07) is 14.2. The summed E-state index contributed by atoms with van der Waals surface area (Å²) in [6.07, 6.45) is 1.72. The van der Waals surface area contributed by atoms with E-state index in [1.165, 1.54) is 12.1 Å². The molecule has 3 aromatic rings. The van der Waals surface area contributed by atoms with Gasteiger partial charge < -0.3 is 0 Å². The number of benzene rings is 2. The van der Waals surface area contributed by atoms with Crippen molar-refractivity contribution in [2.75, 3.05) is 0 Å². The van der Waals surface area contributed by atoms with E-state index in [0.29, 0.717) is 4.91 Å². The van der Waals surface area contributed by atoms with Crippen molar-refractivity contribution < 1.29 is 13.2 Å². The fourth-order valence-corrected chi connectivity index (χ4v) is 6.00. The highest BCUT2D eigenvalue weighted by molar-refractivity contribution is 8.19. The maximum Gasteiger partial charge on any atom is 0.284 e. The molecule has 0 saturated carbocycles. The summed E-state index contributed by atoms with van der Waals surface area (Å²) in [5.74, 6) is -0.378.